The largest absolute Gasteiger partial charge is 0.455 e. The summed E-state index contributed by atoms with van der Waals surface area (Å²) >= 11 is 0. The van der Waals surface area contributed by atoms with Crippen LogP contribution in [0.1, 0.15) is 11.0 Å². The Balaban J connectivity index is 1.40. The molecule has 0 spiro atoms. The topological polar surface area (TPSA) is 13.1 Å². The number of hydrogen-bond acceptors (Lipinski definition) is 1. The molecule has 0 fully saturated rings. The number of hydrogen-bond donors (Lipinski definition) is 0. The first-order valence-corrected chi connectivity index (χ1v) is 15.5. The molecular weight excluding hydrogens is 569 g/mol. The predicted octanol–water partition coefficient (Wildman–Crippen LogP) is 13.2. The number of benzene rings is 9. The van der Waals surface area contributed by atoms with Crippen molar-refractivity contribution in [1.82, 2.24) is 0 Å². The van der Waals surface area contributed by atoms with E-state index in [1.807, 2.05) is 109 Å². The van der Waals surface area contributed by atoms with E-state index in [4.69, 9.17) is 9.90 Å². The minimum Gasteiger partial charge on any atom is -0.455 e. The van der Waals surface area contributed by atoms with Crippen LogP contribution in [-0.2, 0) is 0 Å². The molecule has 0 atom stereocenters. The summed E-state index contributed by atoms with van der Waals surface area (Å²) < 4.78 is 79.8. The maximum atomic E-state index is 9.46. The molecule has 1 heteroatoms. The summed E-state index contributed by atoms with van der Waals surface area (Å²) in [5.74, 6) is 0. The molecule has 0 saturated heterocycles. The van der Waals surface area contributed by atoms with E-state index in [0.717, 1.165) is 38.1 Å². The van der Waals surface area contributed by atoms with Gasteiger partial charge in [0.05, 0.1) is 11.0 Å². The third-order valence-electron chi connectivity index (χ3n) is 9.27. The molecular formula is C46H28O. The fourth-order valence-corrected chi connectivity index (χ4v) is 7.17. The minimum atomic E-state index is -0.440. The van der Waals surface area contributed by atoms with Crippen molar-refractivity contribution in [2.75, 3.05) is 0 Å². The zero-order chi connectivity index (χ0) is 37.9. The molecule has 0 aliphatic carbocycles. The molecule has 9 aromatic carbocycles. The predicted molar refractivity (Wildman–Crippen MR) is 200 cm³/mol. The average Bonchev–Trinajstić information content (AvgIpc) is 3.62. The second-order valence-electron chi connectivity index (χ2n) is 11.8. The molecule has 0 N–H and O–H groups in total. The quantitative estimate of drug-likeness (QED) is 0.183. The van der Waals surface area contributed by atoms with Gasteiger partial charge in [-0.2, -0.15) is 0 Å². The van der Waals surface area contributed by atoms with E-state index in [2.05, 4.69) is 6.07 Å². The molecule has 1 aromatic heterocycles. The van der Waals surface area contributed by atoms with Crippen LogP contribution in [-0.4, -0.2) is 0 Å². The normalized spacial score (nSPS) is 14.2. The van der Waals surface area contributed by atoms with Crippen LogP contribution in [0, 0.1) is 0 Å². The Hall–Kier alpha value is -6.18. The molecule has 0 radical (unpaired) electrons. The fourth-order valence-electron chi connectivity index (χ4n) is 7.17. The van der Waals surface area contributed by atoms with E-state index >= 15 is 0 Å². The third kappa shape index (κ3) is 3.97. The van der Waals surface area contributed by atoms with Gasteiger partial charge < -0.3 is 4.42 Å². The van der Waals surface area contributed by atoms with Crippen molar-refractivity contribution in [2.24, 2.45) is 0 Å². The second-order valence-corrected chi connectivity index (χ2v) is 11.8. The minimum absolute atomic E-state index is 0.164. The summed E-state index contributed by atoms with van der Waals surface area (Å²) in [7, 11) is 0. The number of furan rings is 1. The average molecular weight is 605 g/mol. The molecule has 0 saturated carbocycles. The highest BCUT2D eigenvalue weighted by molar-refractivity contribution is 6.27. The molecule has 47 heavy (non-hydrogen) atoms. The van der Waals surface area contributed by atoms with Gasteiger partial charge in [0.2, 0.25) is 0 Å². The standard InChI is InChI=1S/C46H28O/c1-2-13-31-27-33(24-23-29(31)11-1)32-14-9-15-34(28-32)43-36-17-5-7-19-38(36)44(39-20-8-6-18-37(39)43)40-21-10-22-42-45(40)41-26-25-30-12-3-4-16-35(30)46(41)47-42/h1-28H/i5D,6D,7D,8D,17D,18D,19D,20D. The smallest absolute Gasteiger partial charge is 0.143 e. The van der Waals surface area contributed by atoms with Crippen molar-refractivity contribution in [3.05, 3.63) is 170 Å². The summed E-state index contributed by atoms with van der Waals surface area (Å²) in [6, 6.07) is 36.2. The van der Waals surface area contributed by atoms with Crippen molar-refractivity contribution in [1.29, 1.82) is 0 Å². The van der Waals surface area contributed by atoms with Gasteiger partial charge in [-0.05, 0) is 95.3 Å². The van der Waals surface area contributed by atoms with Crippen LogP contribution in [0.2, 0.25) is 0 Å². The molecule has 0 aliphatic heterocycles. The first kappa shape index (κ1) is 19.4. The number of fused-ring (bicyclic) bond motifs is 8. The van der Waals surface area contributed by atoms with Gasteiger partial charge in [-0.3, -0.25) is 0 Å². The van der Waals surface area contributed by atoms with E-state index in [1.165, 1.54) is 0 Å². The zero-order valence-electron chi connectivity index (χ0n) is 33.0. The van der Waals surface area contributed by atoms with Crippen molar-refractivity contribution in [2.45, 2.75) is 0 Å². The Morgan fingerprint density at radius 3 is 1.81 bits per heavy atom. The molecule has 0 bridgehead atoms. The van der Waals surface area contributed by atoms with Gasteiger partial charge in [0.1, 0.15) is 11.2 Å². The van der Waals surface area contributed by atoms with Crippen molar-refractivity contribution < 1.29 is 15.4 Å². The van der Waals surface area contributed by atoms with E-state index in [-0.39, 0.29) is 45.7 Å². The Bertz CT molecular complexity index is 3230. The van der Waals surface area contributed by atoms with E-state index in [1.54, 1.807) is 6.07 Å². The molecule has 0 aliphatic rings. The summed E-state index contributed by atoms with van der Waals surface area (Å²) in [5, 5.41) is 6.17. The van der Waals surface area contributed by atoms with Crippen molar-refractivity contribution >= 4 is 65.0 Å². The highest BCUT2D eigenvalue weighted by Gasteiger charge is 2.21. The maximum Gasteiger partial charge on any atom is 0.143 e. The summed E-state index contributed by atoms with van der Waals surface area (Å²) in [5.41, 5.74) is 4.66. The molecule has 10 aromatic rings. The van der Waals surface area contributed by atoms with Crippen LogP contribution in [0.3, 0.4) is 0 Å². The van der Waals surface area contributed by atoms with Gasteiger partial charge in [-0.25, -0.2) is 0 Å². The molecule has 0 amide bonds. The molecule has 1 nitrogen and oxygen atoms in total. The molecule has 10 rings (SSSR count). The van der Waals surface area contributed by atoms with Crippen molar-refractivity contribution in [3.63, 3.8) is 0 Å². The molecule has 218 valence electrons. The van der Waals surface area contributed by atoms with Crippen LogP contribution < -0.4 is 0 Å². The summed E-state index contributed by atoms with van der Waals surface area (Å²) in [4.78, 5) is 0. The Kier molecular flexibility index (Phi) is 4.19. The van der Waals surface area contributed by atoms with Crippen LogP contribution in [0.25, 0.3) is 98.4 Å². The Morgan fingerprint density at radius 1 is 0.404 bits per heavy atom. The summed E-state index contributed by atoms with van der Waals surface area (Å²) in [6.45, 7) is 0. The van der Waals surface area contributed by atoms with Gasteiger partial charge in [-0.15, -0.1) is 0 Å². The lowest BCUT2D eigenvalue weighted by molar-refractivity contribution is 0.673. The highest BCUT2D eigenvalue weighted by Crippen LogP contribution is 2.47. The zero-order valence-corrected chi connectivity index (χ0v) is 25.0. The van der Waals surface area contributed by atoms with Crippen molar-refractivity contribution in [3.8, 4) is 33.4 Å². The fraction of sp³-hybridized carbons (Fsp3) is 0. The molecule has 0 unspecified atom stereocenters. The van der Waals surface area contributed by atoms with Gasteiger partial charge in [0.25, 0.3) is 0 Å². The highest BCUT2D eigenvalue weighted by atomic mass is 16.3. The third-order valence-corrected chi connectivity index (χ3v) is 9.27. The lowest BCUT2D eigenvalue weighted by Crippen LogP contribution is -1.91. The monoisotopic (exact) mass is 604 g/mol. The first-order valence-electron chi connectivity index (χ1n) is 19.5. The van der Waals surface area contributed by atoms with Crippen LogP contribution in [0.4, 0.5) is 0 Å². The Labute approximate surface area is 283 Å². The maximum absolute atomic E-state index is 9.46. The van der Waals surface area contributed by atoms with Gasteiger partial charge in [0.15, 0.2) is 0 Å². The summed E-state index contributed by atoms with van der Waals surface area (Å²) in [6.07, 6.45) is 0. The van der Waals surface area contributed by atoms with Crippen LogP contribution >= 0.6 is 0 Å². The van der Waals surface area contributed by atoms with Crippen LogP contribution in [0.15, 0.2) is 174 Å². The Morgan fingerprint density at radius 2 is 1.02 bits per heavy atom. The van der Waals surface area contributed by atoms with Crippen LogP contribution in [0.5, 0.6) is 0 Å². The lowest BCUT2D eigenvalue weighted by atomic mass is 9.84. The second kappa shape index (κ2) is 10.2. The first-order chi connectivity index (χ1) is 26.6. The number of rotatable bonds is 3. The van der Waals surface area contributed by atoms with E-state index < -0.39 is 24.2 Å². The SMILES string of the molecule is [2H]c1c([2H])c([2H])c2c(-c3cccc4oc5c6ccccc6ccc5c34)c3c([2H])c([2H])c([2H])c([2H])c3c(-c3cccc(-c4ccc5ccccc5c4)c3)c2c1[2H]. The van der Waals surface area contributed by atoms with E-state index in [0.29, 0.717) is 38.8 Å². The lowest BCUT2D eigenvalue weighted by Gasteiger charge is -2.18. The van der Waals surface area contributed by atoms with Gasteiger partial charge >= 0.3 is 0 Å². The van der Waals surface area contributed by atoms with E-state index in [9.17, 15) is 5.48 Å². The van der Waals surface area contributed by atoms with Gasteiger partial charge in [-0.1, -0.05) is 145 Å². The molecule has 1 heterocycles. The van der Waals surface area contributed by atoms with Gasteiger partial charge in [0, 0.05) is 16.2 Å².